The van der Waals surface area contributed by atoms with E-state index < -0.39 is 0 Å². The van der Waals surface area contributed by atoms with Gasteiger partial charge in [0.2, 0.25) is 0 Å². The fourth-order valence-electron chi connectivity index (χ4n) is 2.77. The summed E-state index contributed by atoms with van der Waals surface area (Å²) in [5.41, 5.74) is 2.56. The molecule has 2 heterocycles. The molecule has 4 heteroatoms. The van der Waals surface area contributed by atoms with Crippen LogP contribution >= 0.6 is 0 Å². The lowest BCUT2D eigenvalue weighted by atomic mass is 10.1. The summed E-state index contributed by atoms with van der Waals surface area (Å²) in [4.78, 5) is 11.4. The van der Waals surface area contributed by atoms with Gasteiger partial charge in [0.05, 0.1) is 0 Å². The van der Waals surface area contributed by atoms with Gasteiger partial charge in [-0.1, -0.05) is 29.8 Å². The van der Waals surface area contributed by atoms with Crippen molar-refractivity contribution >= 4 is 11.6 Å². The van der Waals surface area contributed by atoms with E-state index in [1.165, 1.54) is 24.0 Å². The second-order valence-electron chi connectivity index (χ2n) is 5.70. The molecule has 1 fully saturated rings. The molecule has 110 valence electrons. The van der Waals surface area contributed by atoms with Crippen LogP contribution in [0.3, 0.4) is 0 Å². The van der Waals surface area contributed by atoms with Crippen LogP contribution in [-0.2, 0) is 6.54 Å². The van der Waals surface area contributed by atoms with Crippen molar-refractivity contribution in [3.63, 3.8) is 0 Å². The molecule has 0 radical (unpaired) electrons. The molecular formula is C17H22N4. The topological polar surface area (TPSA) is 41.0 Å². The van der Waals surface area contributed by atoms with Crippen LogP contribution in [0.25, 0.3) is 0 Å². The third-order valence-electron chi connectivity index (χ3n) is 3.81. The van der Waals surface area contributed by atoms with Crippen LogP contribution in [0.2, 0.25) is 0 Å². The van der Waals surface area contributed by atoms with Crippen LogP contribution in [0.1, 0.15) is 29.8 Å². The molecule has 1 N–H and O–H groups in total. The van der Waals surface area contributed by atoms with E-state index in [-0.39, 0.29) is 0 Å². The van der Waals surface area contributed by atoms with Crippen molar-refractivity contribution in [1.29, 1.82) is 0 Å². The van der Waals surface area contributed by atoms with Gasteiger partial charge in [0.1, 0.15) is 17.5 Å². The van der Waals surface area contributed by atoms with Gasteiger partial charge in [0.15, 0.2) is 0 Å². The summed E-state index contributed by atoms with van der Waals surface area (Å²) in [5, 5.41) is 3.42. The lowest BCUT2D eigenvalue weighted by molar-refractivity contribution is 0.907. The SMILES string of the molecule is Cc1cccc(CNc2cc(N3CCCC3)nc(C)n2)c1. The van der Waals surface area contributed by atoms with Crippen molar-refractivity contribution in [3.05, 3.63) is 47.3 Å². The maximum atomic E-state index is 4.56. The number of aromatic nitrogens is 2. The van der Waals surface area contributed by atoms with Crippen LogP contribution in [-0.4, -0.2) is 23.1 Å². The number of aryl methyl sites for hydroxylation is 2. The maximum absolute atomic E-state index is 4.56. The molecular weight excluding hydrogens is 260 g/mol. The average molecular weight is 282 g/mol. The molecule has 21 heavy (non-hydrogen) atoms. The Bertz CT molecular complexity index is 618. The first-order valence-electron chi connectivity index (χ1n) is 7.61. The van der Waals surface area contributed by atoms with Crippen LogP contribution in [0.5, 0.6) is 0 Å². The predicted octanol–water partition coefficient (Wildman–Crippen LogP) is 3.31. The fourth-order valence-corrected chi connectivity index (χ4v) is 2.77. The number of rotatable bonds is 4. The van der Waals surface area contributed by atoms with E-state index in [0.717, 1.165) is 37.1 Å². The van der Waals surface area contributed by atoms with Gasteiger partial charge in [0, 0.05) is 25.7 Å². The van der Waals surface area contributed by atoms with E-state index in [4.69, 9.17) is 0 Å². The van der Waals surface area contributed by atoms with Crippen molar-refractivity contribution in [1.82, 2.24) is 9.97 Å². The minimum Gasteiger partial charge on any atom is -0.366 e. The van der Waals surface area contributed by atoms with Crippen LogP contribution in [0.4, 0.5) is 11.6 Å². The number of hydrogen-bond acceptors (Lipinski definition) is 4. The highest BCUT2D eigenvalue weighted by atomic mass is 15.2. The molecule has 0 aliphatic carbocycles. The quantitative estimate of drug-likeness (QED) is 0.934. The molecule has 4 nitrogen and oxygen atoms in total. The third kappa shape index (κ3) is 3.51. The van der Waals surface area contributed by atoms with E-state index in [1.807, 2.05) is 6.92 Å². The van der Waals surface area contributed by atoms with Gasteiger partial charge in [-0.2, -0.15) is 0 Å². The molecule has 1 saturated heterocycles. The van der Waals surface area contributed by atoms with Gasteiger partial charge >= 0.3 is 0 Å². The van der Waals surface area contributed by atoms with Gasteiger partial charge in [-0.3, -0.25) is 0 Å². The Morgan fingerprint density at radius 1 is 1.10 bits per heavy atom. The molecule has 1 aliphatic rings. The summed E-state index contributed by atoms with van der Waals surface area (Å²) in [6.07, 6.45) is 2.52. The van der Waals surface area contributed by atoms with Crippen molar-refractivity contribution in [2.24, 2.45) is 0 Å². The summed E-state index contributed by atoms with van der Waals surface area (Å²) >= 11 is 0. The minimum absolute atomic E-state index is 0.789. The van der Waals surface area contributed by atoms with E-state index >= 15 is 0 Å². The number of hydrogen-bond donors (Lipinski definition) is 1. The maximum Gasteiger partial charge on any atom is 0.134 e. The van der Waals surface area contributed by atoms with E-state index in [9.17, 15) is 0 Å². The van der Waals surface area contributed by atoms with Crippen molar-refractivity contribution in [2.75, 3.05) is 23.3 Å². The van der Waals surface area contributed by atoms with Crippen molar-refractivity contribution in [2.45, 2.75) is 33.2 Å². The zero-order chi connectivity index (χ0) is 14.7. The Morgan fingerprint density at radius 3 is 2.67 bits per heavy atom. The largest absolute Gasteiger partial charge is 0.366 e. The van der Waals surface area contributed by atoms with Gasteiger partial charge in [-0.05, 0) is 32.3 Å². The predicted molar refractivity (Wildman–Crippen MR) is 86.7 cm³/mol. The first-order valence-corrected chi connectivity index (χ1v) is 7.61. The first-order chi connectivity index (χ1) is 10.2. The second-order valence-corrected chi connectivity index (χ2v) is 5.70. The Morgan fingerprint density at radius 2 is 1.90 bits per heavy atom. The Hall–Kier alpha value is -2.10. The molecule has 0 amide bonds. The molecule has 1 aromatic carbocycles. The monoisotopic (exact) mass is 282 g/mol. The molecule has 0 spiro atoms. The van der Waals surface area contributed by atoms with Gasteiger partial charge in [-0.15, -0.1) is 0 Å². The number of anilines is 2. The average Bonchev–Trinajstić information content (AvgIpc) is 2.99. The molecule has 0 atom stereocenters. The minimum atomic E-state index is 0.789. The second kappa shape index (κ2) is 6.12. The van der Waals surface area contributed by atoms with Gasteiger partial charge < -0.3 is 10.2 Å². The van der Waals surface area contributed by atoms with Crippen LogP contribution < -0.4 is 10.2 Å². The van der Waals surface area contributed by atoms with Gasteiger partial charge in [0.25, 0.3) is 0 Å². The Balaban J connectivity index is 1.72. The van der Waals surface area contributed by atoms with E-state index in [0.29, 0.717) is 0 Å². The van der Waals surface area contributed by atoms with Crippen LogP contribution in [0, 0.1) is 13.8 Å². The lowest BCUT2D eigenvalue weighted by Crippen LogP contribution is -2.20. The molecule has 1 aliphatic heterocycles. The molecule has 1 aromatic heterocycles. The summed E-state index contributed by atoms with van der Waals surface area (Å²) in [6, 6.07) is 10.6. The highest BCUT2D eigenvalue weighted by Crippen LogP contribution is 2.20. The lowest BCUT2D eigenvalue weighted by Gasteiger charge is -2.17. The zero-order valence-electron chi connectivity index (χ0n) is 12.8. The Labute approximate surface area is 126 Å². The van der Waals surface area contributed by atoms with E-state index in [1.54, 1.807) is 0 Å². The van der Waals surface area contributed by atoms with Crippen molar-refractivity contribution < 1.29 is 0 Å². The molecule has 0 unspecified atom stereocenters. The summed E-state index contributed by atoms with van der Waals surface area (Å²) in [7, 11) is 0. The number of nitrogens with zero attached hydrogens (tertiary/aromatic N) is 3. The summed E-state index contributed by atoms with van der Waals surface area (Å²) in [6.45, 7) is 7.07. The molecule has 0 saturated carbocycles. The summed E-state index contributed by atoms with van der Waals surface area (Å²) < 4.78 is 0. The standard InChI is InChI=1S/C17H22N4/c1-13-6-5-7-15(10-13)12-18-16-11-17(20-14(2)19-16)21-8-3-4-9-21/h5-7,10-11H,3-4,8-9,12H2,1-2H3,(H,18,19,20). The van der Waals surface area contributed by atoms with Gasteiger partial charge in [-0.25, -0.2) is 9.97 Å². The van der Waals surface area contributed by atoms with Crippen molar-refractivity contribution in [3.8, 4) is 0 Å². The number of benzene rings is 1. The molecule has 3 rings (SSSR count). The fraction of sp³-hybridized carbons (Fsp3) is 0.412. The highest BCUT2D eigenvalue weighted by Gasteiger charge is 2.14. The zero-order valence-corrected chi connectivity index (χ0v) is 12.8. The summed E-state index contributed by atoms with van der Waals surface area (Å²) in [5.74, 6) is 2.78. The smallest absolute Gasteiger partial charge is 0.134 e. The Kier molecular flexibility index (Phi) is 4.04. The number of nitrogens with one attached hydrogen (secondary N) is 1. The van der Waals surface area contributed by atoms with Crippen LogP contribution in [0.15, 0.2) is 30.3 Å². The first kappa shape index (κ1) is 13.9. The van der Waals surface area contributed by atoms with E-state index in [2.05, 4.69) is 57.4 Å². The molecule has 2 aromatic rings. The molecule has 0 bridgehead atoms. The third-order valence-corrected chi connectivity index (χ3v) is 3.81. The normalized spacial score (nSPS) is 14.5. The highest BCUT2D eigenvalue weighted by molar-refractivity contribution is 5.50.